The van der Waals surface area contributed by atoms with Crippen molar-refractivity contribution in [1.82, 2.24) is 9.80 Å². The molecule has 0 bridgehead atoms. The molecule has 9 heteroatoms. The van der Waals surface area contributed by atoms with Crippen molar-refractivity contribution in [2.24, 2.45) is 5.10 Å². The third-order valence-corrected chi connectivity index (χ3v) is 4.81. The van der Waals surface area contributed by atoms with Crippen LogP contribution in [0.5, 0.6) is 0 Å². The number of para-hydroxylation sites is 1. The lowest BCUT2D eigenvalue weighted by atomic mass is 10.1. The normalized spacial score (nSPS) is 20.4. The van der Waals surface area contributed by atoms with Gasteiger partial charge in [0.25, 0.3) is 6.43 Å². The molecule has 0 radical (unpaired) electrons. The van der Waals surface area contributed by atoms with Crippen LogP contribution < -0.4 is 5.01 Å². The fourth-order valence-electron chi connectivity index (χ4n) is 3.42. The van der Waals surface area contributed by atoms with Crippen LogP contribution in [-0.4, -0.2) is 79.2 Å². The first kappa shape index (κ1) is 20.2. The van der Waals surface area contributed by atoms with E-state index in [0.29, 0.717) is 31.9 Å². The van der Waals surface area contributed by atoms with Gasteiger partial charge in [0, 0.05) is 32.6 Å². The zero-order valence-electron chi connectivity index (χ0n) is 15.8. The Kier molecular flexibility index (Phi) is 6.56. The molecule has 2 aliphatic rings. The Morgan fingerprint density at radius 3 is 2.46 bits per heavy atom. The Hall–Kier alpha value is -2.55. The lowest BCUT2D eigenvalue weighted by molar-refractivity contribution is -0.135. The summed E-state index contributed by atoms with van der Waals surface area (Å²) in [5.41, 5.74) is 0.914. The third-order valence-electron chi connectivity index (χ3n) is 4.81. The molecule has 28 heavy (non-hydrogen) atoms. The van der Waals surface area contributed by atoms with Crippen LogP contribution in [0, 0.1) is 0 Å². The molecule has 0 N–H and O–H groups in total. The molecule has 1 fully saturated rings. The predicted molar refractivity (Wildman–Crippen MR) is 100 cm³/mol. The molecule has 1 aromatic rings. The standard InChI is InChI=1S/C19H24F2N4O3/c1-2-28-19(27)15-12-16(25(22-15)14-6-4-3-5-7-14)18(26)24-10-8-23(9-11-24)13-17(20)21/h3-7,16-17H,2,8-13H2,1H3. The molecule has 1 aromatic carbocycles. The van der Waals surface area contributed by atoms with Crippen LogP contribution in [0.1, 0.15) is 13.3 Å². The van der Waals surface area contributed by atoms with Crippen LogP contribution in [0.4, 0.5) is 14.5 Å². The minimum atomic E-state index is -2.38. The molecule has 0 aromatic heterocycles. The van der Waals surface area contributed by atoms with Gasteiger partial charge in [0.15, 0.2) is 0 Å². The minimum absolute atomic E-state index is 0.157. The quantitative estimate of drug-likeness (QED) is 0.686. The summed E-state index contributed by atoms with van der Waals surface area (Å²) in [5.74, 6) is -0.691. The van der Waals surface area contributed by atoms with E-state index >= 15 is 0 Å². The molecular formula is C19H24F2N4O3. The number of anilines is 1. The van der Waals surface area contributed by atoms with Gasteiger partial charge in [0.2, 0.25) is 5.91 Å². The first-order chi connectivity index (χ1) is 13.5. The van der Waals surface area contributed by atoms with Crippen molar-refractivity contribution in [1.29, 1.82) is 0 Å². The lowest BCUT2D eigenvalue weighted by Crippen LogP contribution is -2.54. The lowest BCUT2D eigenvalue weighted by Gasteiger charge is -2.36. The molecule has 0 aliphatic carbocycles. The highest BCUT2D eigenvalue weighted by molar-refractivity contribution is 6.38. The number of carbonyl (C=O) groups excluding carboxylic acids is 2. The van der Waals surface area contributed by atoms with Crippen LogP contribution in [0.2, 0.25) is 0 Å². The summed E-state index contributed by atoms with van der Waals surface area (Å²) in [6, 6.07) is 8.50. The SMILES string of the molecule is CCOC(=O)C1=NN(c2ccccc2)C(C(=O)N2CCN(CC(F)F)CC2)C1. The van der Waals surface area contributed by atoms with E-state index in [1.54, 1.807) is 21.7 Å². The molecule has 0 spiro atoms. The first-order valence-corrected chi connectivity index (χ1v) is 9.37. The summed E-state index contributed by atoms with van der Waals surface area (Å²) in [7, 11) is 0. The number of benzene rings is 1. The molecular weight excluding hydrogens is 370 g/mol. The first-order valence-electron chi connectivity index (χ1n) is 9.37. The number of ether oxygens (including phenoxy) is 1. The molecule has 2 aliphatic heterocycles. The number of hydrogen-bond donors (Lipinski definition) is 0. The Morgan fingerprint density at radius 1 is 1.18 bits per heavy atom. The average molecular weight is 394 g/mol. The van der Waals surface area contributed by atoms with Crippen LogP contribution in [0.25, 0.3) is 0 Å². The maximum absolute atomic E-state index is 13.1. The maximum atomic E-state index is 13.1. The van der Waals surface area contributed by atoms with Crippen molar-refractivity contribution in [3.63, 3.8) is 0 Å². The Labute approximate surface area is 162 Å². The summed E-state index contributed by atoms with van der Waals surface area (Å²) < 4.78 is 30.1. The second-order valence-corrected chi connectivity index (χ2v) is 6.68. The van der Waals surface area contributed by atoms with E-state index < -0.39 is 18.4 Å². The number of halogens is 2. The molecule has 2 heterocycles. The van der Waals surface area contributed by atoms with Crippen LogP contribution >= 0.6 is 0 Å². The second kappa shape index (κ2) is 9.09. The average Bonchev–Trinajstić information content (AvgIpc) is 3.14. The number of hydrogen-bond acceptors (Lipinski definition) is 6. The highest BCUT2D eigenvalue weighted by atomic mass is 19.3. The topological polar surface area (TPSA) is 65.5 Å². The fraction of sp³-hybridized carbons (Fsp3) is 0.526. The minimum Gasteiger partial charge on any atom is -0.461 e. The fourth-order valence-corrected chi connectivity index (χ4v) is 3.42. The number of piperazine rings is 1. The molecule has 1 saturated heterocycles. The second-order valence-electron chi connectivity index (χ2n) is 6.68. The van der Waals surface area contributed by atoms with Crippen LogP contribution in [-0.2, 0) is 14.3 Å². The number of amides is 1. The summed E-state index contributed by atoms with van der Waals surface area (Å²) >= 11 is 0. The summed E-state index contributed by atoms with van der Waals surface area (Å²) in [4.78, 5) is 28.6. The van der Waals surface area contributed by atoms with Gasteiger partial charge in [0.1, 0.15) is 11.8 Å². The number of nitrogens with zero attached hydrogens (tertiary/aromatic N) is 4. The smallest absolute Gasteiger partial charge is 0.354 e. The largest absolute Gasteiger partial charge is 0.461 e. The summed E-state index contributed by atoms with van der Waals surface area (Å²) in [6.45, 7) is 3.22. The predicted octanol–water partition coefficient (Wildman–Crippen LogP) is 1.59. The maximum Gasteiger partial charge on any atom is 0.354 e. The van der Waals surface area contributed by atoms with Gasteiger partial charge >= 0.3 is 5.97 Å². The molecule has 7 nitrogen and oxygen atoms in total. The van der Waals surface area contributed by atoms with Crippen molar-refractivity contribution >= 4 is 23.3 Å². The van der Waals surface area contributed by atoms with Crippen LogP contribution in [0.3, 0.4) is 0 Å². The van der Waals surface area contributed by atoms with Gasteiger partial charge in [-0.25, -0.2) is 13.6 Å². The van der Waals surface area contributed by atoms with Gasteiger partial charge in [0.05, 0.1) is 18.8 Å². The van der Waals surface area contributed by atoms with Crippen molar-refractivity contribution in [3.05, 3.63) is 30.3 Å². The van der Waals surface area contributed by atoms with E-state index in [-0.39, 0.29) is 31.2 Å². The molecule has 1 atom stereocenters. The van der Waals surface area contributed by atoms with Crippen LogP contribution in [0.15, 0.2) is 35.4 Å². The number of alkyl halides is 2. The molecule has 1 amide bonds. The van der Waals surface area contributed by atoms with E-state index in [9.17, 15) is 18.4 Å². The number of rotatable bonds is 6. The zero-order chi connectivity index (χ0) is 20.1. The highest BCUT2D eigenvalue weighted by Crippen LogP contribution is 2.26. The van der Waals surface area contributed by atoms with Crippen molar-refractivity contribution < 1.29 is 23.1 Å². The van der Waals surface area contributed by atoms with E-state index in [1.807, 2.05) is 30.3 Å². The van der Waals surface area contributed by atoms with Gasteiger partial charge in [-0.2, -0.15) is 5.10 Å². The van der Waals surface area contributed by atoms with E-state index in [4.69, 9.17) is 4.74 Å². The van der Waals surface area contributed by atoms with Gasteiger partial charge < -0.3 is 9.64 Å². The Morgan fingerprint density at radius 2 is 1.86 bits per heavy atom. The Balaban J connectivity index is 1.72. The van der Waals surface area contributed by atoms with Crippen molar-refractivity contribution in [3.8, 4) is 0 Å². The highest BCUT2D eigenvalue weighted by Gasteiger charge is 2.39. The molecule has 0 saturated carbocycles. The van der Waals surface area contributed by atoms with Gasteiger partial charge in [-0.1, -0.05) is 18.2 Å². The molecule has 3 rings (SSSR count). The van der Waals surface area contributed by atoms with E-state index in [1.165, 1.54) is 0 Å². The Bertz CT molecular complexity index is 721. The number of esters is 1. The van der Waals surface area contributed by atoms with Gasteiger partial charge in [-0.3, -0.25) is 14.7 Å². The number of hydrazone groups is 1. The third kappa shape index (κ3) is 4.64. The monoisotopic (exact) mass is 394 g/mol. The molecule has 152 valence electrons. The van der Waals surface area contributed by atoms with E-state index in [0.717, 1.165) is 0 Å². The van der Waals surface area contributed by atoms with Crippen molar-refractivity contribution in [2.75, 3.05) is 44.3 Å². The summed E-state index contributed by atoms with van der Waals surface area (Å²) in [6.07, 6.45) is -2.23. The zero-order valence-corrected chi connectivity index (χ0v) is 15.8. The summed E-state index contributed by atoms with van der Waals surface area (Å²) in [5, 5.41) is 5.90. The van der Waals surface area contributed by atoms with E-state index in [2.05, 4.69) is 5.10 Å². The molecule has 1 unspecified atom stereocenters. The number of carbonyl (C=O) groups is 2. The van der Waals surface area contributed by atoms with Gasteiger partial charge in [-0.15, -0.1) is 0 Å². The van der Waals surface area contributed by atoms with Gasteiger partial charge in [-0.05, 0) is 19.1 Å². The van der Waals surface area contributed by atoms with Crippen molar-refractivity contribution in [2.45, 2.75) is 25.8 Å².